The van der Waals surface area contributed by atoms with E-state index in [2.05, 4.69) is 10.0 Å². The Morgan fingerprint density at radius 2 is 1.96 bits per heavy atom. The molecule has 1 saturated carbocycles. The summed E-state index contributed by atoms with van der Waals surface area (Å²) < 4.78 is 24.8. The second-order valence-electron chi connectivity index (χ2n) is 6.12. The number of likely N-dealkylation sites (tertiary alicyclic amines) is 1. The van der Waals surface area contributed by atoms with E-state index >= 15 is 0 Å². The van der Waals surface area contributed by atoms with Crippen LogP contribution in [-0.4, -0.2) is 44.0 Å². The molecule has 1 atom stereocenters. The lowest BCUT2D eigenvalue weighted by molar-refractivity contribution is -0.128. The van der Waals surface area contributed by atoms with Gasteiger partial charge in [0.05, 0.1) is 17.9 Å². The van der Waals surface area contributed by atoms with Gasteiger partial charge in [0.15, 0.2) is 0 Å². The SMILES string of the molecule is CS(=O)(=O)Nc1cccc(NC(=O)C2CC(=O)N(C3CC3)C2)c1. The lowest BCUT2D eigenvalue weighted by Crippen LogP contribution is -2.29. The summed E-state index contributed by atoms with van der Waals surface area (Å²) in [6.07, 6.45) is 3.36. The van der Waals surface area contributed by atoms with E-state index in [0.717, 1.165) is 19.1 Å². The largest absolute Gasteiger partial charge is 0.339 e. The Kier molecular flexibility index (Phi) is 4.01. The molecule has 2 N–H and O–H groups in total. The molecule has 1 unspecified atom stereocenters. The third kappa shape index (κ3) is 4.01. The van der Waals surface area contributed by atoms with Crippen molar-refractivity contribution in [2.45, 2.75) is 25.3 Å². The number of anilines is 2. The van der Waals surface area contributed by atoms with Crippen LogP contribution in [0.3, 0.4) is 0 Å². The maximum Gasteiger partial charge on any atom is 0.229 e. The van der Waals surface area contributed by atoms with Crippen molar-refractivity contribution in [2.24, 2.45) is 5.92 Å². The van der Waals surface area contributed by atoms with Gasteiger partial charge in [0, 0.05) is 24.7 Å². The van der Waals surface area contributed by atoms with Gasteiger partial charge in [0.25, 0.3) is 0 Å². The van der Waals surface area contributed by atoms with Crippen LogP contribution < -0.4 is 10.0 Å². The minimum atomic E-state index is -3.37. The van der Waals surface area contributed by atoms with E-state index in [-0.39, 0.29) is 24.2 Å². The summed E-state index contributed by atoms with van der Waals surface area (Å²) in [5.74, 6) is -0.521. The number of sulfonamides is 1. The average Bonchev–Trinajstić information content (AvgIpc) is 3.20. The second-order valence-corrected chi connectivity index (χ2v) is 7.87. The van der Waals surface area contributed by atoms with Crippen molar-refractivity contribution < 1.29 is 18.0 Å². The van der Waals surface area contributed by atoms with Crippen molar-refractivity contribution in [1.29, 1.82) is 0 Å². The first kappa shape index (κ1) is 15.8. The molecule has 0 spiro atoms. The Bertz CT molecular complexity index is 743. The highest BCUT2D eigenvalue weighted by atomic mass is 32.2. The highest BCUT2D eigenvalue weighted by molar-refractivity contribution is 7.92. The zero-order chi connectivity index (χ0) is 16.6. The van der Waals surface area contributed by atoms with Gasteiger partial charge in [-0.1, -0.05) is 6.07 Å². The van der Waals surface area contributed by atoms with Crippen LogP contribution >= 0.6 is 0 Å². The Labute approximate surface area is 135 Å². The van der Waals surface area contributed by atoms with E-state index in [9.17, 15) is 18.0 Å². The van der Waals surface area contributed by atoms with Crippen LogP contribution in [0.5, 0.6) is 0 Å². The van der Waals surface area contributed by atoms with Gasteiger partial charge in [0.1, 0.15) is 0 Å². The maximum atomic E-state index is 12.3. The van der Waals surface area contributed by atoms with Gasteiger partial charge in [-0.3, -0.25) is 14.3 Å². The zero-order valence-corrected chi connectivity index (χ0v) is 13.6. The molecular weight excluding hydrogens is 318 g/mol. The molecular formula is C15H19N3O4S. The monoisotopic (exact) mass is 337 g/mol. The van der Waals surface area contributed by atoms with Crippen LogP contribution in [0.1, 0.15) is 19.3 Å². The molecule has 1 aliphatic heterocycles. The molecule has 2 aliphatic rings. The summed E-state index contributed by atoms with van der Waals surface area (Å²) in [7, 11) is -3.37. The first-order valence-corrected chi connectivity index (χ1v) is 9.39. The number of rotatable bonds is 5. The summed E-state index contributed by atoms with van der Waals surface area (Å²) in [5.41, 5.74) is 0.883. The lowest BCUT2D eigenvalue weighted by Gasteiger charge is -2.15. The van der Waals surface area contributed by atoms with E-state index in [0.29, 0.717) is 24.0 Å². The summed E-state index contributed by atoms with van der Waals surface area (Å²) in [6, 6.07) is 6.81. The van der Waals surface area contributed by atoms with Crippen molar-refractivity contribution in [3.8, 4) is 0 Å². The summed E-state index contributed by atoms with van der Waals surface area (Å²) in [6.45, 7) is 0.469. The molecule has 124 valence electrons. The molecule has 1 saturated heterocycles. The van der Waals surface area contributed by atoms with Crippen LogP contribution in [0.25, 0.3) is 0 Å². The topological polar surface area (TPSA) is 95.6 Å². The molecule has 1 aromatic carbocycles. The Hall–Kier alpha value is -2.09. The number of carbonyl (C=O) groups is 2. The zero-order valence-electron chi connectivity index (χ0n) is 12.8. The number of benzene rings is 1. The van der Waals surface area contributed by atoms with Crippen molar-refractivity contribution in [2.75, 3.05) is 22.8 Å². The van der Waals surface area contributed by atoms with Crippen molar-refractivity contribution in [1.82, 2.24) is 4.90 Å². The lowest BCUT2D eigenvalue weighted by atomic mass is 10.1. The molecule has 1 heterocycles. The number of carbonyl (C=O) groups excluding carboxylic acids is 2. The molecule has 0 aromatic heterocycles. The molecule has 0 bridgehead atoms. The number of hydrogen-bond acceptors (Lipinski definition) is 4. The summed E-state index contributed by atoms with van der Waals surface area (Å²) in [5, 5.41) is 2.76. The summed E-state index contributed by atoms with van der Waals surface area (Å²) >= 11 is 0. The van der Waals surface area contributed by atoms with Crippen LogP contribution in [-0.2, 0) is 19.6 Å². The molecule has 8 heteroatoms. The molecule has 1 aromatic rings. The first-order valence-electron chi connectivity index (χ1n) is 7.50. The smallest absolute Gasteiger partial charge is 0.229 e. The Morgan fingerprint density at radius 3 is 2.61 bits per heavy atom. The fourth-order valence-corrected chi connectivity index (χ4v) is 3.32. The van der Waals surface area contributed by atoms with Gasteiger partial charge in [0.2, 0.25) is 21.8 Å². The molecule has 2 amide bonds. The average molecular weight is 337 g/mol. The Morgan fingerprint density at radius 1 is 1.26 bits per heavy atom. The van der Waals surface area contributed by atoms with Crippen LogP contribution in [0.15, 0.2) is 24.3 Å². The van der Waals surface area contributed by atoms with Crippen LogP contribution in [0.4, 0.5) is 11.4 Å². The first-order chi connectivity index (χ1) is 10.8. The van der Waals surface area contributed by atoms with Gasteiger partial charge >= 0.3 is 0 Å². The third-order valence-electron chi connectivity index (χ3n) is 3.95. The highest BCUT2D eigenvalue weighted by Crippen LogP contribution is 2.33. The van der Waals surface area contributed by atoms with Crippen molar-refractivity contribution in [3.63, 3.8) is 0 Å². The molecule has 0 radical (unpaired) electrons. The van der Waals surface area contributed by atoms with Gasteiger partial charge in [-0.25, -0.2) is 8.42 Å². The van der Waals surface area contributed by atoms with E-state index < -0.39 is 10.0 Å². The van der Waals surface area contributed by atoms with E-state index in [4.69, 9.17) is 0 Å². The number of nitrogens with one attached hydrogen (secondary N) is 2. The van der Waals surface area contributed by atoms with E-state index in [1.807, 2.05) is 0 Å². The molecule has 2 fully saturated rings. The number of nitrogens with zero attached hydrogens (tertiary/aromatic N) is 1. The second kappa shape index (κ2) is 5.84. The predicted molar refractivity (Wildman–Crippen MR) is 86.4 cm³/mol. The standard InChI is InChI=1S/C15H19N3O4S/c1-23(21,22)17-12-4-2-3-11(8-12)16-15(20)10-7-14(19)18(9-10)13-5-6-13/h2-4,8,10,13,17H,5-7,9H2,1H3,(H,16,20). The Balaban J connectivity index is 1.64. The van der Waals surface area contributed by atoms with Crippen LogP contribution in [0, 0.1) is 5.92 Å². The summed E-state index contributed by atoms with van der Waals surface area (Å²) in [4.78, 5) is 26.0. The quantitative estimate of drug-likeness (QED) is 0.838. The van der Waals surface area contributed by atoms with Crippen molar-refractivity contribution in [3.05, 3.63) is 24.3 Å². The van der Waals surface area contributed by atoms with Gasteiger partial charge < -0.3 is 10.2 Å². The minimum absolute atomic E-state index is 0.0418. The van der Waals surface area contributed by atoms with Gasteiger partial charge in [-0.05, 0) is 31.0 Å². The van der Waals surface area contributed by atoms with Gasteiger partial charge in [-0.15, -0.1) is 0 Å². The predicted octanol–water partition coefficient (Wildman–Crippen LogP) is 1.01. The molecule has 7 nitrogen and oxygen atoms in total. The third-order valence-corrected chi connectivity index (χ3v) is 4.56. The fraction of sp³-hybridized carbons (Fsp3) is 0.467. The fourth-order valence-electron chi connectivity index (χ4n) is 2.77. The maximum absolute atomic E-state index is 12.3. The van der Waals surface area contributed by atoms with E-state index in [1.165, 1.54) is 0 Å². The number of amides is 2. The van der Waals surface area contributed by atoms with Crippen molar-refractivity contribution >= 4 is 33.2 Å². The molecule has 1 aliphatic carbocycles. The molecule has 3 rings (SSSR count). The molecule has 23 heavy (non-hydrogen) atoms. The van der Waals surface area contributed by atoms with Gasteiger partial charge in [-0.2, -0.15) is 0 Å². The van der Waals surface area contributed by atoms with E-state index in [1.54, 1.807) is 29.2 Å². The van der Waals surface area contributed by atoms with Crippen LogP contribution in [0.2, 0.25) is 0 Å². The normalized spacial score (nSPS) is 21.3. The highest BCUT2D eigenvalue weighted by Gasteiger charge is 2.41. The number of hydrogen-bond donors (Lipinski definition) is 2. The minimum Gasteiger partial charge on any atom is -0.339 e.